The smallest absolute Gasteiger partial charge is 0.343 e. The van der Waals surface area contributed by atoms with Crippen LogP contribution in [0.3, 0.4) is 0 Å². The summed E-state index contributed by atoms with van der Waals surface area (Å²) in [5.74, 6) is -0.281. The Morgan fingerprint density at radius 1 is 1.43 bits per heavy atom. The van der Waals surface area contributed by atoms with Gasteiger partial charge in [-0.25, -0.2) is 18.3 Å². The Bertz CT molecular complexity index is 688. The van der Waals surface area contributed by atoms with Gasteiger partial charge in [0.1, 0.15) is 17.4 Å². The number of esters is 1. The lowest BCUT2D eigenvalue weighted by Crippen LogP contribution is -2.31. The molecule has 0 amide bonds. The number of carbonyl (C=O) groups is 1. The molecule has 7 heteroatoms. The minimum Gasteiger partial charge on any atom is -0.462 e. The SMILES string of the molecule is CCOC(=O)c1cnn2c1N[C@@H](c1ccccc1)C[C@H]2C(F)F. The molecule has 0 radical (unpaired) electrons. The molecule has 23 heavy (non-hydrogen) atoms. The molecule has 1 aliphatic heterocycles. The Hall–Kier alpha value is -2.44. The number of nitrogens with zero attached hydrogens (tertiary/aromatic N) is 2. The topological polar surface area (TPSA) is 56.1 Å². The van der Waals surface area contributed by atoms with E-state index in [4.69, 9.17) is 4.74 Å². The summed E-state index contributed by atoms with van der Waals surface area (Å²) < 4.78 is 33.0. The molecule has 0 aliphatic carbocycles. The largest absolute Gasteiger partial charge is 0.462 e. The second-order valence-electron chi connectivity index (χ2n) is 5.32. The van der Waals surface area contributed by atoms with E-state index in [0.29, 0.717) is 0 Å². The average Bonchev–Trinajstić information content (AvgIpc) is 2.98. The summed E-state index contributed by atoms with van der Waals surface area (Å²) in [5.41, 5.74) is 1.07. The normalized spacial score (nSPS) is 20.0. The van der Waals surface area contributed by atoms with Gasteiger partial charge in [-0.05, 0) is 18.9 Å². The number of halogens is 2. The average molecular weight is 321 g/mol. The highest BCUT2D eigenvalue weighted by atomic mass is 19.3. The lowest BCUT2D eigenvalue weighted by Gasteiger charge is -2.32. The molecule has 5 nitrogen and oxygen atoms in total. The number of carbonyl (C=O) groups excluding carboxylic acids is 1. The Kier molecular flexibility index (Phi) is 4.27. The molecule has 1 aromatic heterocycles. The molecular weight excluding hydrogens is 304 g/mol. The lowest BCUT2D eigenvalue weighted by molar-refractivity contribution is 0.0521. The number of ether oxygens (including phenoxy) is 1. The van der Waals surface area contributed by atoms with E-state index in [9.17, 15) is 13.6 Å². The second-order valence-corrected chi connectivity index (χ2v) is 5.32. The summed E-state index contributed by atoms with van der Waals surface area (Å²) >= 11 is 0. The number of nitrogens with one attached hydrogen (secondary N) is 1. The van der Waals surface area contributed by atoms with Crippen LogP contribution in [0.5, 0.6) is 0 Å². The maximum Gasteiger partial charge on any atom is 0.343 e. The molecule has 0 saturated heterocycles. The first-order valence-corrected chi connectivity index (χ1v) is 7.46. The van der Waals surface area contributed by atoms with Crippen molar-refractivity contribution in [2.24, 2.45) is 0 Å². The number of alkyl halides is 2. The van der Waals surface area contributed by atoms with Crippen molar-refractivity contribution in [3.63, 3.8) is 0 Å². The second kappa shape index (κ2) is 6.36. The van der Waals surface area contributed by atoms with Gasteiger partial charge in [0.2, 0.25) is 0 Å². The van der Waals surface area contributed by atoms with Crippen molar-refractivity contribution in [2.75, 3.05) is 11.9 Å². The third kappa shape index (κ3) is 2.91. The fourth-order valence-corrected chi connectivity index (χ4v) is 2.80. The van der Waals surface area contributed by atoms with Crippen LogP contribution < -0.4 is 5.32 Å². The zero-order valence-corrected chi connectivity index (χ0v) is 12.6. The summed E-state index contributed by atoms with van der Waals surface area (Å²) in [7, 11) is 0. The van der Waals surface area contributed by atoms with Gasteiger partial charge in [-0.1, -0.05) is 30.3 Å². The van der Waals surface area contributed by atoms with Crippen LogP contribution in [0.4, 0.5) is 14.6 Å². The predicted molar refractivity (Wildman–Crippen MR) is 80.6 cm³/mol. The maximum atomic E-state index is 13.4. The molecule has 0 fully saturated rings. The number of hydrogen-bond donors (Lipinski definition) is 1. The van der Waals surface area contributed by atoms with Crippen LogP contribution in [0.1, 0.15) is 41.3 Å². The minimum absolute atomic E-state index is 0.179. The van der Waals surface area contributed by atoms with Crippen LogP contribution in [0.15, 0.2) is 36.5 Å². The zero-order chi connectivity index (χ0) is 16.4. The number of hydrogen-bond acceptors (Lipinski definition) is 4. The van der Waals surface area contributed by atoms with E-state index in [2.05, 4.69) is 10.4 Å². The molecule has 0 spiro atoms. The highest BCUT2D eigenvalue weighted by Crippen LogP contribution is 2.39. The van der Waals surface area contributed by atoms with Crippen LogP contribution in [-0.4, -0.2) is 28.8 Å². The number of fused-ring (bicyclic) bond motifs is 1. The molecule has 1 aromatic carbocycles. The first-order valence-electron chi connectivity index (χ1n) is 7.46. The molecule has 2 heterocycles. The maximum absolute atomic E-state index is 13.4. The molecular formula is C16H17F2N3O2. The molecule has 2 aromatic rings. The monoisotopic (exact) mass is 321 g/mol. The van der Waals surface area contributed by atoms with Crippen LogP contribution >= 0.6 is 0 Å². The van der Waals surface area contributed by atoms with Crippen molar-refractivity contribution in [1.29, 1.82) is 0 Å². The molecule has 1 aliphatic rings. The fourth-order valence-electron chi connectivity index (χ4n) is 2.80. The van der Waals surface area contributed by atoms with Crippen molar-refractivity contribution < 1.29 is 18.3 Å². The Morgan fingerprint density at radius 3 is 2.83 bits per heavy atom. The van der Waals surface area contributed by atoms with Gasteiger partial charge in [0.25, 0.3) is 6.43 Å². The van der Waals surface area contributed by atoms with E-state index in [-0.39, 0.29) is 30.5 Å². The van der Waals surface area contributed by atoms with Crippen LogP contribution in [0.2, 0.25) is 0 Å². The third-order valence-electron chi connectivity index (χ3n) is 3.89. The van der Waals surface area contributed by atoms with E-state index in [0.717, 1.165) is 5.56 Å². The highest BCUT2D eigenvalue weighted by molar-refractivity contribution is 5.94. The van der Waals surface area contributed by atoms with Gasteiger partial charge in [-0.2, -0.15) is 5.10 Å². The van der Waals surface area contributed by atoms with Crippen LogP contribution in [0, 0.1) is 0 Å². The van der Waals surface area contributed by atoms with Gasteiger partial charge in [-0.3, -0.25) is 0 Å². The third-order valence-corrected chi connectivity index (χ3v) is 3.89. The van der Waals surface area contributed by atoms with Crippen molar-refractivity contribution >= 4 is 11.8 Å². The van der Waals surface area contributed by atoms with Gasteiger partial charge >= 0.3 is 5.97 Å². The van der Waals surface area contributed by atoms with E-state index in [1.807, 2.05) is 30.3 Å². The summed E-state index contributed by atoms with van der Waals surface area (Å²) in [4.78, 5) is 12.0. The molecule has 3 rings (SSSR count). The van der Waals surface area contributed by atoms with Gasteiger partial charge in [0, 0.05) is 0 Å². The molecule has 122 valence electrons. The van der Waals surface area contributed by atoms with Crippen molar-refractivity contribution in [3.8, 4) is 0 Å². The Labute approximate surface area is 132 Å². The molecule has 0 unspecified atom stereocenters. The summed E-state index contributed by atoms with van der Waals surface area (Å²) in [6.07, 6.45) is -1.10. The van der Waals surface area contributed by atoms with Crippen molar-refractivity contribution in [1.82, 2.24) is 9.78 Å². The zero-order valence-electron chi connectivity index (χ0n) is 12.6. The summed E-state index contributed by atoms with van der Waals surface area (Å²) in [6.45, 7) is 1.90. The van der Waals surface area contributed by atoms with Gasteiger partial charge in [0.05, 0.1) is 18.8 Å². The molecule has 2 atom stereocenters. The predicted octanol–water partition coefficient (Wildman–Crippen LogP) is 3.42. The van der Waals surface area contributed by atoms with Crippen molar-refractivity contribution in [3.05, 3.63) is 47.7 Å². The fraction of sp³-hybridized carbons (Fsp3) is 0.375. The van der Waals surface area contributed by atoms with E-state index in [1.54, 1.807) is 6.92 Å². The molecule has 0 saturated carbocycles. The Morgan fingerprint density at radius 2 is 2.17 bits per heavy atom. The Balaban J connectivity index is 1.99. The van der Waals surface area contributed by atoms with Crippen LogP contribution in [-0.2, 0) is 4.74 Å². The standard InChI is InChI=1S/C16H17F2N3O2/c1-2-23-16(22)11-9-19-21-13(14(17)18)8-12(20-15(11)21)10-6-4-3-5-7-10/h3-7,9,12-14,20H,2,8H2,1H3/t12-,13+/m1/s1. The summed E-state index contributed by atoms with van der Waals surface area (Å²) in [5, 5.41) is 7.12. The van der Waals surface area contributed by atoms with Crippen molar-refractivity contribution in [2.45, 2.75) is 31.9 Å². The van der Waals surface area contributed by atoms with E-state index >= 15 is 0 Å². The van der Waals surface area contributed by atoms with E-state index in [1.165, 1.54) is 10.9 Å². The number of benzene rings is 1. The highest BCUT2D eigenvalue weighted by Gasteiger charge is 2.36. The molecule has 0 bridgehead atoms. The first-order chi connectivity index (χ1) is 11.1. The molecule has 1 N–H and O–H groups in total. The van der Waals surface area contributed by atoms with Crippen LogP contribution in [0.25, 0.3) is 0 Å². The van der Waals surface area contributed by atoms with Gasteiger partial charge in [-0.15, -0.1) is 0 Å². The lowest BCUT2D eigenvalue weighted by atomic mass is 9.97. The number of aromatic nitrogens is 2. The van der Waals surface area contributed by atoms with Gasteiger partial charge in [0.15, 0.2) is 0 Å². The van der Waals surface area contributed by atoms with E-state index < -0.39 is 18.4 Å². The minimum atomic E-state index is -2.57. The summed E-state index contributed by atoms with van der Waals surface area (Å²) in [6, 6.07) is 7.92. The quantitative estimate of drug-likeness (QED) is 0.877. The van der Waals surface area contributed by atoms with Gasteiger partial charge < -0.3 is 10.1 Å². The number of rotatable bonds is 4. The number of anilines is 1. The first kappa shape index (κ1) is 15.5.